The zero-order valence-corrected chi connectivity index (χ0v) is 9.30. The molecular weight excluding hydrogens is 224 g/mol. The largest absolute Gasteiger partial charge is 0.347 e. The zero-order valence-electron chi connectivity index (χ0n) is 9.30. The molecule has 0 saturated heterocycles. The van der Waals surface area contributed by atoms with Crippen molar-refractivity contribution >= 4 is 11.8 Å². The van der Waals surface area contributed by atoms with E-state index in [9.17, 15) is 9.59 Å². The number of amides is 2. The van der Waals surface area contributed by atoms with Gasteiger partial charge in [-0.15, -0.1) is 0 Å². The van der Waals surface area contributed by atoms with Gasteiger partial charge in [-0.1, -0.05) is 0 Å². The molecule has 8 nitrogen and oxygen atoms in total. The van der Waals surface area contributed by atoms with E-state index in [0.29, 0.717) is 12.2 Å². The van der Waals surface area contributed by atoms with Crippen molar-refractivity contribution in [2.45, 2.75) is 6.42 Å². The van der Waals surface area contributed by atoms with Crippen LogP contribution in [-0.4, -0.2) is 39.7 Å². The minimum Gasteiger partial charge on any atom is -0.347 e. The molecule has 0 bridgehead atoms. The zero-order chi connectivity index (χ0) is 12.7. The van der Waals surface area contributed by atoms with Crippen molar-refractivity contribution in [3.8, 4) is 6.07 Å². The van der Waals surface area contributed by atoms with Gasteiger partial charge in [0.05, 0.1) is 6.07 Å². The fraction of sp³-hybridized carbons (Fsp3) is 0.444. The average molecular weight is 236 g/mol. The lowest BCUT2D eigenvalue weighted by atomic mass is 10.4. The predicted molar refractivity (Wildman–Crippen MR) is 56.3 cm³/mol. The van der Waals surface area contributed by atoms with Gasteiger partial charge < -0.3 is 10.6 Å². The van der Waals surface area contributed by atoms with Gasteiger partial charge in [0, 0.05) is 20.0 Å². The molecule has 2 N–H and O–H groups in total. The number of hydrogen-bond acceptors (Lipinski definition) is 5. The number of carbonyl (C=O) groups excluding carboxylic acids is 2. The van der Waals surface area contributed by atoms with E-state index in [1.54, 1.807) is 24.1 Å². The van der Waals surface area contributed by atoms with Crippen LogP contribution in [0.25, 0.3) is 0 Å². The van der Waals surface area contributed by atoms with E-state index >= 15 is 0 Å². The van der Waals surface area contributed by atoms with Gasteiger partial charge in [-0.2, -0.15) is 10.4 Å². The van der Waals surface area contributed by atoms with Crippen LogP contribution < -0.4 is 10.6 Å². The summed E-state index contributed by atoms with van der Waals surface area (Å²) in [6.07, 6.45) is 1.99. The Kier molecular flexibility index (Phi) is 4.62. The van der Waals surface area contributed by atoms with E-state index in [2.05, 4.69) is 20.7 Å². The second-order valence-electron chi connectivity index (χ2n) is 3.18. The number of rotatable bonds is 4. The molecule has 0 atom stereocenters. The van der Waals surface area contributed by atoms with Crippen LogP contribution in [0.15, 0.2) is 6.33 Å². The van der Waals surface area contributed by atoms with Crippen molar-refractivity contribution in [3.63, 3.8) is 0 Å². The SMILES string of the molecule is Cn1cnc(CCNC(=O)C(=O)NCC#N)n1. The van der Waals surface area contributed by atoms with Crippen molar-refractivity contribution in [2.75, 3.05) is 13.1 Å². The molecule has 1 aromatic rings. The molecule has 0 radical (unpaired) electrons. The first-order chi connectivity index (χ1) is 8.13. The summed E-state index contributed by atoms with van der Waals surface area (Å²) in [5.41, 5.74) is 0. The maximum Gasteiger partial charge on any atom is 0.310 e. The number of hydrogen-bond donors (Lipinski definition) is 2. The van der Waals surface area contributed by atoms with Gasteiger partial charge in [0.15, 0.2) is 5.82 Å². The molecule has 2 amide bonds. The minimum absolute atomic E-state index is 0.186. The van der Waals surface area contributed by atoms with Crippen LogP contribution in [0.1, 0.15) is 5.82 Å². The van der Waals surface area contributed by atoms with E-state index in [1.165, 1.54) is 0 Å². The Morgan fingerprint density at radius 2 is 2.18 bits per heavy atom. The third kappa shape index (κ3) is 4.29. The number of aryl methyl sites for hydroxylation is 1. The van der Waals surface area contributed by atoms with Gasteiger partial charge >= 0.3 is 11.8 Å². The van der Waals surface area contributed by atoms with Gasteiger partial charge in [-0.05, 0) is 0 Å². The molecular formula is C9H12N6O2. The monoisotopic (exact) mass is 236 g/mol. The topological polar surface area (TPSA) is 113 Å². The lowest BCUT2D eigenvalue weighted by Crippen LogP contribution is -2.40. The van der Waals surface area contributed by atoms with Gasteiger partial charge in [0.25, 0.3) is 0 Å². The van der Waals surface area contributed by atoms with E-state index < -0.39 is 11.8 Å². The molecule has 90 valence electrons. The molecule has 0 aliphatic carbocycles. The van der Waals surface area contributed by atoms with Crippen molar-refractivity contribution in [1.82, 2.24) is 25.4 Å². The Balaban J connectivity index is 2.24. The summed E-state index contributed by atoms with van der Waals surface area (Å²) in [5, 5.41) is 16.8. The van der Waals surface area contributed by atoms with Gasteiger partial charge in [0.1, 0.15) is 12.9 Å². The Hall–Kier alpha value is -2.43. The molecule has 0 aliphatic rings. The molecule has 1 rings (SSSR count). The van der Waals surface area contributed by atoms with Crippen LogP contribution in [0.4, 0.5) is 0 Å². The Morgan fingerprint density at radius 3 is 2.76 bits per heavy atom. The van der Waals surface area contributed by atoms with E-state index in [-0.39, 0.29) is 13.1 Å². The first-order valence-electron chi connectivity index (χ1n) is 4.91. The summed E-state index contributed by atoms with van der Waals surface area (Å²) in [6.45, 7) is 0.0802. The molecule has 1 heterocycles. The molecule has 0 spiro atoms. The number of nitrogens with one attached hydrogen (secondary N) is 2. The molecule has 17 heavy (non-hydrogen) atoms. The highest BCUT2D eigenvalue weighted by Crippen LogP contribution is 1.87. The molecule has 0 saturated carbocycles. The summed E-state index contributed by atoms with van der Waals surface area (Å²) in [6, 6.07) is 1.70. The normalized spacial score (nSPS) is 9.41. The van der Waals surface area contributed by atoms with E-state index in [0.717, 1.165) is 0 Å². The Bertz CT molecular complexity index is 447. The van der Waals surface area contributed by atoms with Crippen LogP contribution in [-0.2, 0) is 23.1 Å². The fourth-order valence-corrected chi connectivity index (χ4v) is 1.07. The number of aromatic nitrogens is 3. The lowest BCUT2D eigenvalue weighted by molar-refractivity contribution is -0.139. The lowest BCUT2D eigenvalue weighted by Gasteiger charge is -2.02. The van der Waals surface area contributed by atoms with E-state index in [1.807, 2.05) is 0 Å². The van der Waals surface area contributed by atoms with Crippen molar-refractivity contribution in [2.24, 2.45) is 7.05 Å². The average Bonchev–Trinajstić information content (AvgIpc) is 2.71. The van der Waals surface area contributed by atoms with E-state index in [4.69, 9.17) is 5.26 Å². The maximum atomic E-state index is 11.2. The highest BCUT2D eigenvalue weighted by molar-refractivity contribution is 6.35. The second-order valence-corrected chi connectivity index (χ2v) is 3.18. The molecule has 0 aliphatic heterocycles. The van der Waals surface area contributed by atoms with Crippen LogP contribution in [0, 0.1) is 11.3 Å². The molecule has 8 heteroatoms. The Morgan fingerprint density at radius 1 is 1.47 bits per heavy atom. The fourth-order valence-electron chi connectivity index (χ4n) is 1.07. The number of nitriles is 1. The van der Waals surface area contributed by atoms with Crippen LogP contribution in [0.3, 0.4) is 0 Å². The first-order valence-corrected chi connectivity index (χ1v) is 4.91. The summed E-state index contributed by atoms with van der Waals surface area (Å²) in [7, 11) is 1.74. The molecule has 0 fully saturated rings. The van der Waals surface area contributed by atoms with Crippen molar-refractivity contribution in [3.05, 3.63) is 12.2 Å². The first kappa shape index (κ1) is 12.6. The van der Waals surface area contributed by atoms with Gasteiger partial charge in [-0.3, -0.25) is 14.3 Å². The second kappa shape index (κ2) is 6.22. The quantitative estimate of drug-likeness (QED) is 0.469. The van der Waals surface area contributed by atoms with Crippen molar-refractivity contribution in [1.29, 1.82) is 5.26 Å². The number of nitrogens with zero attached hydrogens (tertiary/aromatic N) is 4. The van der Waals surface area contributed by atoms with Crippen LogP contribution in [0.2, 0.25) is 0 Å². The summed E-state index contributed by atoms with van der Waals surface area (Å²) < 4.78 is 1.55. The highest BCUT2D eigenvalue weighted by Gasteiger charge is 2.11. The van der Waals surface area contributed by atoms with Crippen LogP contribution in [0.5, 0.6) is 0 Å². The molecule has 0 aromatic carbocycles. The minimum atomic E-state index is -0.819. The maximum absolute atomic E-state index is 11.2. The van der Waals surface area contributed by atoms with Gasteiger partial charge in [0.2, 0.25) is 0 Å². The van der Waals surface area contributed by atoms with Crippen LogP contribution >= 0.6 is 0 Å². The summed E-state index contributed by atoms with van der Waals surface area (Å²) in [4.78, 5) is 26.2. The molecule has 1 aromatic heterocycles. The third-order valence-corrected chi connectivity index (χ3v) is 1.82. The smallest absolute Gasteiger partial charge is 0.310 e. The highest BCUT2D eigenvalue weighted by atomic mass is 16.2. The summed E-state index contributed by atoms with van der Waals surface area (Å²) >= 11 is 0. The number of carbonyl (C=O) groups is 2. The Labute approximate surface area is 97.6 Å². The summed E-state index contributed by atoms with van der Waals surface area (Å²) in [5.74, 6) is -0.998. The molecule has 0 unspecified atom stereocenters. The standard InChI is InChI=1S/C9H12N6O2/c1-15-6-13-7(14-15)2-4-11-8(16)9(17)12-5-3-10/h6H,2,4-5H2,1H3,(H,11,16)(H,12,17). The van der Waals surface area contributed by atoms with Crippen molar-refractivity contribution < 1.29 is 9.59 Å². The predicted octanol–water partition coefficient (Wildman–Crippen LogP) is -1.89. The van der Waals surface area contributed by atoms with Gasteiger partial charge in [-0.25, -0.2) is 4.98 Å². The third-order valence-electron chi connectivity index (χ3n) is 1.82.